The van der Waals surface area contributed by atoms with Crippen LogP contribution in [0, 0.1) is 0 Å². The summed E-state index contributed by atoms with van der Waals surface area (Å²) in [5, 5.41) is 19.0. The molecule has 3 N–H and O–H groups in total. The van der Waals surface area contributed by atoms with Gasteiger partial charge in [0.25, 0.3) is 5.91 Å². The highest BCUT2D eigenvalue weighted by molar-refractivity contribution is 5.98. The summed E-state index contributed by atoms with van der Waals surface area (Å²) >= 11 is 0. The molecule has 5 heteroatoms. The van der Waals surface area contributed by atoms with Crippen molar-refractivity contribution in [2.45, 2.75) is 31.8 Å². The van der Waals surface area contributed by atoms with Crippen LogP contribution >= 0.6 is 0 Å². The summed E-state index contributed by atoms with van der Waals surface area (Å²) in [6.07, 6.45) is 4.08. The largest absolute Gasteiger partial charge is 0.507 e. The van der Waals surface area contributed by atoms with Gasteiger partial charge in [0.05, 0.1) is 6.10 Å². The molecule has 1 aromatic rings. The Morgan fingerprint density at radius 1 is 1.24 bits per heavy atom. The van der Waals surface area contributed by atoms with Gasteiger partial charge in [-0.2, -0.15) is 0 Å². The fraction of sp³-hybridized carbons (Fsp3) is 0.417. The van der Waals surface area contributed by atoms with Gasteiger partial charge in [-0.05, 0) is 25.0 Å². The minimum absolute atomic E-state index is 0.0342. The van der Waals surface area contributed by atoms with Gasteiger partial charge < -0.3 is 10.2 Å². The molecule has 17 heavy (non-hydrogen) atoms. The summed E-state index contributed by atoms with van der Waals surface area (Å²) in [5.74, 6) is -1.16. The highest BCUT2D eigenvalue weighted by atomic mass is 16.7. The number of carbonyl (C=O) groups excluding carboxylic acids is 1. The SMILES string of the molecule is O=C(NOC1CCCC1)c1c(O)cccc1O. The number of benzene rings is 1. The van der Waals surface area contributed by atoms with Crippen molar-refractivity contribution in [3.05, 3.63) is 23.8 Å². The molecular formula is C12H15NO4. The summed E-state index contributed by atoms with van der Waals surface area (Å²) < 4.78 is 0. The van der Waals surface area contributed by atoms with E-state index in [0.29, 0.717) is 0 Å². The molecule has 0 atom stereocenters. The first-order valence-corrected chi connectivity index (χ1v) is 5.65. The third kappa shape index (κ3) is 2.68. The number of nitrogens with one attached hydrogen (secondary N) is 1. The molecule has 0 bridgehead atoms. The van der Waals surface area contributed by atoms with Crippen LogP contribution in [0.1, 0.15) is 36.0 Å². The molecule has 0 aliphatic heterocycles. The Hall–Kier alpha value is -1.75. The Morgan fingerprint density at radius 2 is 1.82 bits per heavy atom. The van der Waals surface area contributed by atoms with E-state index in [9.17, 15) is 15.0 Å². The number of phenols is 2. The van der Waals surface area contributed by atoms with E-state index in [1.54, 1.807) is 0 Å². The second-order valence-electron chi connectivity index (χ2n) is 4.13. The molecule has 0 aromatic heterocycles. The van der Waals surface area contributed by atoms with Gasteiger partial charge in [-0.3, -0.25) is 9.63 Å². The molecule has 5 nitrogen and oxygen atoms in total. The van der Waals surface area contributed by atoms with E-state index in [4.69, 9.17) is 4.84 Å². The number of amides is 1. The van der Waals surface area contributed by atoms with Crippen LogP contribution < -0.4 is 5.48 Å². The van der Waals surface area contributed by atoms with Gasteiger partial charge in [-0.25, -0.2) is 5.48 Å². The third-order valence-electron chi connectivity index (χ3n) is 2.87. The zero-order valence-electron chi connectivity index (χ0n) is 9.35. The second kappa shape index (κ2) is 5.05. The minimum atomic E-state index is -0.632. The number of rotatable bonds is 3. The Balaban J connectivity index is 1.99. The van der Waals surface area contributed by atoms with Gasteiger partial charge >= 0.3 is 0 Å². The number of phenolic OH excluding ortho intramolecular Hbond substituents is 2. The standard InChI is InChI=1S/C12H15NO4/c14-9-6-3-7-10(15)11(9)12(16)13-17-8-4-1-2-5-8/h3,6-8,14-15H,1-2,4-5H2,(H,13,16). The van der Waals surface area contributed by atoms with Crippen LogP contribution in [-0.4, -0.2) is 22.2 Å². The smallest absolute Gasteiger partial charge is 0.282 e. The second-order valence-corrected chi connectivity index (χ2v) is 4.13. The molecule has 1 aliphatic rings. The molecule has 2 rings (SSSR count). The first-order valence-electron chi connectivity index (χ1n) is 5.65. The topological polar surface area (TPSA) is 78.8 Å². The van der Waals surface area contributed by atoms with Crippen LogP contribution in [0.3, 0.4) is 0 Å². The van der Waals surface area contributed by atoms with Gasteiger partial charge in [-0.1, -0.05) is 18.9 Å². The predicted molar refractivity (Wildman–Crippen MR) is 60.6 cm³/mol. The van der Waals surface area contributed by atoms with E-state index in [-0.39, 0.29) is 23.2 Å². The summed E-state index contributed by atoms with van der Waals surface area (Å²) in [5.41, 5.74) is 2.10. The first-order chi connectivity index (χ1) is 8.18. The van der Waals surface area contributed by atoms with Gasteiger partial charge in [0.2, 0.25) is 0 Å². The Bertz CT molecular complexity index is 393. The van der Waals surface area contributed by atoms with Gasteiger partial charge in [-0.15, -0.1) is 0 Å². The maximum Gasteiger partial charge on any atom is 0.282 e. The Morgan fingerprint density at radius 3 is 2.41 bits per heavy atom. The quantitative estimate of drug-likeness (QED) is 0.699. The highest BCUT2D eigenvalue weighted by Gasteiger charge is 2.20. The lowest BCUT2D eigenvalue weighted by Gasteiger charge is -2.12. The maximum atomic E-state index is 11.7. The van der Waals surface area contributed by atoms with Crippen molar-refractivity contribution in [3.63, 3.8) is 0 Å². The van der Waals surface area contributed by atoms with Crippen LogP contribution in [0.4, 0.5) is 0 Å². The van der Waals surface area contributed by atoms with E-state index in [0.717, 1.165) is 25.7 Å². The van der Waals surface area contributed by atoms with Crippen LogP contribution in [0.2, 0.25) is 0 Å². The molecule has 0 saturated heterocycles. The zero-order valence-corrected chi connectivity index (χ0v) is 9.35. The zero-order chi connectivity index (χ0) is 12.3. The van der Waals surface area contributed by atoms with Gasteiger partial charge in [0.1, 0.15) is 17.1 Å². The number of aromatic hydroxyl groups is 2. The lowest BCUT2D eigenvalue weighted by molar-refractivity contribution is -0.0127. The molecular weight excluding hydrogens is 222 g/mol. The van der Waals surface area contributed by atoms with E-state index in [1.807, 2.05) is 0 Å². The van der Waals surface area contributed by atoms with Crippen molar-refractivity contribution in [3.8, 4) is 11.5 Å². The molecule has 1 fully saturated rings. The third-order valence-corrected chi connectivity index (χ3v) is 2.87. The summed E-state index contributed by atoms with van der Waals surface area (Å²) in [7, 11) is 0. The lowest BCUT2D eigenvalue weighted by atomic mass is 10.1. The van der Waals surface area contributed by atoms with E-state index < -0.39 is 5.91 Å². The Kier molecular flexibility index (Phi) is 3.49. The maximum absolute atomic E-state index is 11.7. The summed E-state index contributed by atoms with van der Waals surface area (Å²) in [6.45, 7) is 0. The monoisotopic (exact) mass is 237 g/mol. The molecule has 92 valence electrons. The fourth-order valence-electron chi connectivity index (χ4n) is 1.96. The fourth-order valence-corrected chi connectivity index (χ4v) is 1.96. The molecule has 1 saturated carbocycles. The van der Waals surface area contributed by atoms with Crippen molar-refractivity contribution in [2.75, 3.05) is 0 Å². The molecule has 1 aromatic carbocycles. The van der Waals surface area contributed by atoms with Crippen LogP contribution in [0.15, 0.2) is 18.2 Å². The predicted octanol–water partition coefficient (Wildman–Crippen LogP) is 1.70. The van der Waals surface area contributed by atoms with E-state index in [2.05, 4.69) is 5.48 Å². The molecule has 0 heterocycles. The number of carbonyl (C=O) groups is 1. The molecule has 1 amide bonds. The number of hydroxylamine groups is 1. The number of hydrogen-bond donors (Lipinski definition) is 3. The minimum Gasteiger partial charge on any atom is -0.507 e. The van der Waals surface area contributed by atoms with E-state index >= 15 is 0 Å². The lowest BCUT2D eigenvalue weighted by Crippen LogP contribution is -2.28. The van der Waals surface area contributed by atoms with Crippen molar-refractivity contribution in [1.29, 1.82) is 0 Å². The van der Waals surface area contributed by atoms with Crippen molar-refractivity contribution < 1.29 is 19.8 Å². The molecule has 0 spiro atoms. The Labute approximate surface area is 99.0 Å². The molecule has 1 aliphatic carbocycles. The van der Waals surface area contributed by atoms with Crippen LogP contribution in [-0.2, 0) is 4.84 Å². The van der Waals surface area contributed by atoms with Crippen molar-refractivity contribution in [2.24, 2.45) is 0 Å². The average molecular weight is 237 g/mol. The first kappa shape index (κ1) is 11.7. The van der Waals surface area contributed by atoms with Crippen LogP contribution in [0.5, 0.6) is 11.5 Å². The highest BCUT2D eigenvalue weighted by Crippen LogP contribution is 2.26. The van der Waals surface area contributed by atoms with Crippen molar-refractivity contribution in [1.82, 2.24) is 5.48 Å². The molecule has 0 unspecified atom stereocenters. The van der Waals surface area contributed by atoms with Gasteiger partial charge in [0, 0.05) is 0 Å². The van der Waals surface area contributed by atoms with Crippen molar-refractivity contribution >= 4 is 5.91 Å². The van der Waals surface area contributed by atoms with Crippen LogP contribution in [0.25, 0.3) is 0 Å². The summed E-state index contributed by atoms with van der Waals surface area (Å²) in [6, 6.07) is 4.13. The van der Waals surface area contributed by atoms with E-state index in [1.165, 1.54) is 18.2 Å². The molecule has 0 radical (unpaired) electrons. The van der Waals surface area contributed by atoms with Gasteiger partial charge in [0.15, 0.2) is 0 Å². The summed E-state index contributed by atoms with van der Waals surface area (Å²) in [4.78, 5) is 16.9. The average Bonchev–Trinajstić information content (AvgIpc) is 2.79. The number of hydrogen-bond acceptors (Lipinski definition) is 4. The normalized spacial score (nSPS) is 16.0.